The number of amides is 2. The first kappa shape index (κ1) is 24.9. The van der Waals surface area contributed by atoms with Crippen LogP contribution < -0.4 is 15.6 Å². The molecule has 36 heavy (non-hydrogen) atoms. The van der Waals surface area contributed by atoms with E-state index in [0.717, 1.165) is 0 Å². The number of fused-ring (bicyclic) bond motifs is 1. The molecule has 0 aliphatic carbocycles. The van der Waals surface area contributed by atoms with E-state index in [4.69, 9.17) is 0 Å². The van der Waals surface area contributed by atoms with Crippen molar-refractivity contribution >= 4 is 40.1 Å². The number of piperazine rings is 1. The van der Waals surface area contributed by atoms with Gasteiger partial charge in [-0.15, -0.1) is 0 Å². The van der Waals surface area contributed by atoms with Crippen LogP contribution in [-0.2, 0) is 16.1 Å². The Bertz CT molecular complexity index is 1390. The molecule has 0 atom stereocenters. The van der Waals surface area contributed by atoms with Gasteiger partial charge in [-0.3, -0.25) is 14.4 Å². The number of ether oxygens (including phenoxy) is 1. The van der Waals surface area contributed by atoms with Crippen molar-refractivity contribution in [2.45, 2.75) is 20.4 Å². The average Bonchev–Trinajstić information content (AvgIpc) is 2.89. The molecule has 0 saturated carbocycles. The lowest BCUT2D eigenvalue weighted by Gasteiger charge is -2.36. The summed E-state index contributed by atoms with van der Waals surface area (Å²) in [7, 11) is 1.27. The standard InChI is InChI=1S/C26H27FN4O5/c1-4-29-15-20(25(34)28-18-7-5-17(6-8-18)26(35)36-3)24(33)19-13-21(27)23(14-22(19)29)31-11-9-30(10-12-31)16(2)32/h5-8,13-15H,4,9-12H2,1-3H3,(H,28,34). The highest BCUT2D eigenvalue weighted by Gasteiger charge is 2.23. The third kappa shape index (κ3) is 4.79. The molecule has 1 aromatic heterocycles. The lowest BCUT2D eigenvalue weighted by atomic mass is 10.1. The Morgan fingerprint density at radius 1 is 1.06 bits per heavy atom. The molecule has 10 heteroatoms. The zero-order valence-corrected chi connectivity index (χ0v) is 20.3. The SMILES string of the molecule is CCn1cc(C(=O)Nc2ccc(C(=O)OC)cc2)c(=O)c2cc(F)c(N3CCN(C(C)=O)CC3)cc21. The van der Waals surface area contributed by atoms with Crippen LogP contribution >= 0.6 is 0 Å². The number of anilines is 2. The normalized spacial score (nSPS) is 13.6. The summed E-state index contributed by atoms with van der Waals surface area (Å²) in [5.74, 6) is -1.72. The number of hydrogen-bond donors (Lipinski definition) is 1. The van der Waals surface area contributed by atoms with Crippen LogP contribution in [0.1, 0.15) is 34.6 Å². The minimum Gasteiger partial charge on any atom is -0.465 e. The fourth-order valence-electron chi connectivity index (χ4n) is 4.33. The first-order chi connectivity index (χ1) is 17.2. The van der Waals surface area contributed by atoms with Gasteiger partial charge in [-0.25, -0.2) is 9.18 Å². The third-order valence-electron chi connectivity index (χ3n) is 6.36. The summed E-state index contributed by atoms with van der Waals surface area (Å²) in [6.45, 7) is 5.78. The van der Waals surface area contributed by atoms with Crippen LogP contribution in [0.4, 0.5) is 15.8 Å². The number of aromatic nitrogens is 1. The monoisotopic (exact) mass is 494 g/mol. The molecule has 0 bridgehead atoms. The number of carbonyl (C=O) groups is 3. The fourth-order valence-corrected chi connectivity index (χ4v) is 4.33. The number of carbonyl (C=O) groups excluding carboxylic acids is 3. The summed E-state index contributed by atoms with van der Waals surface area (Å²) >= 11 is 0. The van der Waals surface area contributed by atoms with Crippen LogP contribution in [0.25, 0.3) is 10.9 Å². The second-order valence-electron chi connectivity index (χ2n) is 8.49. The van der Waals surface area contributed by atoms with Crippen molar-refractivity contribution in [1.29, 1.82) is 0 Å². The molecule has 188 valence electrons. The topological polar surface area (TPSA) is 101 Å². The molecular weight excluding hydrogens is 467 g/mol. The van der Waals surface area contributed by atoms with Gasteiger partial charge in [0.25, 0.3) is 5.91 Å². The van der Waals surface area contributed by atoms with E-state index in [9.17, 15) is 19.2 Å². The Balaban J connectivity index is 1.65. The molecule has 3 aromatic rings. The van der Waals surface area contributed by atoms with Crippen molar-refractivity contribution < 1.29 is 23.5 Å². The number of rotatable bonds is 5. The molecule has 1 aliphatic heterocycles. The van der Waals surface area contributed by atoms with Crippen molar-refractivity contribution in [1.82, 2.24) is 9.47 Å². The van der Waals surface area contributed by atoms with Gasteiger partial charge in [-0.05, 0) is 43.3 Å². The van der Waals surface area contributed by atoms with E-state index in [-0.39, 0.29) is 16.9 Å². The molecule has 0 spiro atoms. The maximum Gasteiger partial charge on any atom is 0.337 e. The van der Waals surface area contributed by atoms with Gasteiger partial charge in [0.05, 0.1) is 23.9 Å². The lowest BCUT2D eigenvalue weighted by Crippen LogP contribution is -2.48. The number of benzene rings is 2. The van der Waals surface area contributed by atoms with Gasteiger partial charge >= 0.3 is 5.97 Å². The molecule has 2 aromatic carbocycles. The molecule has 1 N–H and O–H groups in total. The number of esters is 1. The Morgan fingerprint density at radius 2 is 1.72 bits per heavy atom. The summed E-state index contributed by atoms with van der Waals surface area (Å²) in [4.78, 5) is 52.9. The molecule has 0 radical (unpaired) electrons. The van der Waals surface area contributed by atoms with Crippen LogP contribution in [-0.4, -0.2) is 60.5 Å². The van der Waals surface area contributed by atoms with Gasteiger partial charge in [0.15, 0.2) is 0 Å². The lowest BCUT2D eigenvalue weighted by molar-refractivity contribution is -0.129. The number of halogens is 1. The Hall–Kier alpha value is -4.21. The van der Waals surface area contributed by atoms with E-state index < -0.39 is 23.1 Å². The molecule has 1 saturated heterocycles. The first-order valence-electron chi connectivity index (χ1n) is 11.6. The van der Waals surface area contributed by atoms with Crippen LogP contribution in [0.5, 0.6) is 0 Å². The quantitative estimate of drug-likeness (QED) is 0.548. The summed E-state index contributed by atoms with van der Waals surface area (Å²) < 4.78 is 21.6. The van der Waals surface area contributed by atoms with E-state index in [1.807, 2.05) is 11.8 Å². The van der Waals surface area contributed by atoms with E-state index in [1.54, 1.807) is 15.5 Å². The van der Waals surface area contributed by atoms with Gasteiger partial charge in [0.2, 0.25) is 11.3 Å². The molecule has 1 aliphatic rings. The van der Waals surface area contributed by atoms with Crippen molar-refractivity contribution in [2.75, 3.05) is 43.5 Å². The minimum absolute atomic E-state index is 0.0151. The number of aryl methyl sites for hydroxylation is 1. The molecule has 0 unspecified atom stereocenters. The van der Waals surface area contributed by atoms with Crippen molar-refractivity contribution in [3.8, 4) is 0 Å². The van der Waals surface area contributed by atoms with Crippen LogP contribution in [0.3, 0.4) is 0 Å². The number of methoxy groups -OCH3 is 1. The summed E-state index contributed by atoms with van der Waals surface area (Å²) in [6, 6.07) is 8.87. The number of nitrogens with zero attached hydrogens (tertiary/aromatic N) is 3. The second kappa shape index (κ2) is 10.2. The first-order valence-corrected chi connectivity index (χ1v) is 11.6. The summed E-state index contributed by atoms with van der Waals surface area (Å²) in [6.07, 6.45) is 1.47. The van der Waals surface area contributed by atoms with Gasteiger partial charge in [-0.2, -0.15) is 0 Å². The highest BCUT2D eigenvalue weighted by molar-refractivity contribution is 6.06. The van der Waals surface area contributed by atoms with Gasteiger partial charge in [0.1, 0.15) is 11.4 Å². The number of nitrogens with one attached hydrogen (secondary N) is 1. The van der Waals surface area contributed by atoms with E-state index >= 15 is 4.39 Å². The molecule has 9 nitrogen and oxygen atoms in total. The zero-order chi connectivity index (χ0) is 26.0. The van der Waals surface area contributed by atoms with Gasteiger partial charge in [-0.1, -0.05) is 0 Å². The van der Waals surface area contributed by atoms with Crippen LogP contribution in [0, 0.1) is 5.82 Å². The zero-order valence-electron chi connectivity index (χ0n) is 20.3. The largest absolute Gasteiger partial charge is 0.465 e. The minimum atomic E-state index is -0.639. The summed E-state index contributed by atoms with van der Waals surface area (Å²) in [5.41, 5.74) is 0.890. The number of hydrogen-bond acceptors (Lipinski definition) is 6. The Labute approximate surface area is 207 Å². The molecule has 4 rings (SSSR count). The van der Waals surface area contributed by atoms with E-state index in [1.165, 1.54) is 50.6 Å². The maximum absolute atomic E-state index is 15.2. The Kier molecular flexibility index (Phi) is 7.05. The van der Waals surface area contributed by atoms with E-state index in [0.29, 0.717) is 55.2 Å². The fraction of sp³-hybridized carbons (Fsp3) is 0.308. The summed E-state index contributed by atoms with van der Waals surface area (Å²) in [5, 5.41) is 2.76. The average molecular weight is 495 g/mol. The van der Waals surface area contributed by atoms with E-state index in [2.05, 4.69) is 10.1 Å². The Morgan fingerprint density at radius 3 is 2.31 bits per heavy atom. The van der Waals surface area contributed by atoms with Crippen molar-refractivity contribution in [3.63, 3.8) is 0 Å². The third-order valence-corrected chi connectivity index (χ3v) is 6.36. The van der Waals surface area contributed by atoms with Gasteiger partial charge < -0.3 is 24.4 Å². The van der Waals surface area contributed by atoms with Crippen molar-refractivity contribution in [2.24, 2.45) is 0 Å². The van der Waals surface area contributed by atoms with Gasteiger partial charge in [0, 0.05) is 56.9 Å². The molecular formula is C26H27FN4O5. The predicted molar refractivity (Wildman–Crippen MR) is 134 cm³/mol. The smallest absolute Gasteiger partial charge is 0.337 e. The number of pyridine rings is 1. The molecule has 2 amide bonds. The molecule has 2 heterocycles. The predicted octanol–water partition coefficient (Wildman–Crippen LogP) is 2.87. The molecule has 1 fully saturated rings. The maximum atomic E-state index is 15.2. The van der Waals surface area contributed by atoms with Crippen molar-refractivity contribution in [3.05, 3.63) is 69.8 Å². The van der Waals surface area contributed by atoms with Crippen LogP contribution in [0.15, 0.2) is 47.4 Å². The second-order valence-corrected chi connectivity index (χ2v) is 8.49. The van der Waals surface area contributed by atoms with Crippen LogP contribution in [0.2, 0.25) is 0 Å². The highest BCUT2D eigenvalue weighted by atomic mass is 19.1. The highest BCUT2D eigenvalue weighted by Crippen LogP contribution is 2.26.